The summed E-state index contributed by atoms with van der Waals surface area (Å²) < 4.78 is 5.81. The average Bonchev–Trinajstić information content (AvgIpc) is 2.58. The highest BCUT2D eigenvalue weighted by Gasteiger charge is 2.11. The highest BCUT2D eigenvalue weighted by atomic mass is 79.9. The molecule has 0 saturated heterocycles. The predicted molar refractivity (Wildman–Crippen MR) is 50.3 cm³/mol. The fraction of sp³-hybridized carbons (Fsp3) is 0. The lowest BCUT2D eigenvalue weighted by atomic mass is 10.5. The van der Waals surface area contributed by atoms with Crippen molar-refractivity contribution in [1.82, 2.24) is 10.1 Å². The van der Waals surface area contributed by atoms with Crippen molar-refractivity contribution >= 4 is 38.9 Å². The summed E-state index contributed by atoms with van der Waals surface area (Å²) >= 11 is 10.4. The van der Waals surface area contributed by atoms with Gasteiger partial charge >= 0.3 is 0 Å². The molecular formula is C6H2BrClN2OS. The largest absolute Gasteiger partial charge is 0.332 e. The standard InChI is InChI=1S/C6H2BrClN2OS/c7-3-1-2-12-4(3)5-9-6(8)10-11-5/h1-2H. The summed E-state index contributed by atoms with van der Waals surface area (Å²) in [6, 6.07) is 1.91. The smallest absolute Gasteiger partial charge is 0.270 e. The molecule has 2 aromatic rings. The molecule has 0 radical (unpaired) electrons. The summed E-state index contributed by atoms with van der Waals surface area (Å²) in [5.41, 5.74) is 0. The van der Waals surface area contributed by atoms with Crippen LogP contribution in [0.3, 0.4) is 0 Å². The summed E-state index contributed by atoms with van der Waals surface area (Å²) in [4.78, 5) is 4.78. The molecule has 0 aliphatic rings. The van der Waals surface area contributed by atoms with Crippen LogP contribution in [0.25, 0.3) is 10.8 Å². The van der Waals surface area contributed by atoms with Crippen molar-refractivity contribution in [2.24, 2.45) is 0 Å². The Labute approximate surface area is 85.5 Å². The Hall–Kier alpha value is -0.390. The van der Waals surface area contributed by atoms with Gasteiger partial charge in [0.15, 0.2) is 0 Å². The minimum atomic E-state index is 0.130. The molecular weight excluding hydrogens is 264 g/mol. The molecule has 2 heterocycles. The van der Waals surface area contributed by atoms with Crippen LogP contribution < -0.4 is 0 Å². The van der Waals surface area contributed by atoms with E-state index in [4.69, 9.17) is 16.1 Å². The van der Waals surface area contributed by atoms with E-state index in [1.54, 1.807) is 0 Å². The molecule has 0 unspecified atom stereocenters. The van der Waals surface area contributed by atoms with E-state index in [1.165, 1.54) is 11.3 Å². The van der Waals surface area contributed by atoms with Gasteiger partial charge in [-0.3, -0.25) is 0 Å². The molecule has 0 amide bonds. The zero-order chi connectivity index (χ0) is 8.55. The van der Waals surface area contributed by atoms with E-state index in [9.17, 15) is 0 Å². The molecule has 2 aromatic heterocycles. The van der Waals surface area contributed by atoms with Crippen LogP contribution in [0.4, 0.5) is 0 Å². The Morgan fingerprint density at radius 1 is 1.58 bits per heavy atom. The second-order valence-corrected chi connectivity index (χ2v) is 4.07. The van der Waals surface area contributed by atoms with Crippen LogP contribution in [0.15, 0.2) is 20.4 Å². The van der Waals surface area contributed by atoms with Crippen LogP contribution in [0.5, 0.6) is 0 Å². The number of rotatable bonds is 1. The lowest BCUT2D eigenvalue weighted by molar-refractivity contribution is 0.431. The molecule has 0 aliphatic carbocycles. The number of thiophene rings is 1. The van der Waals surface area contributed by atoms with Crippen molar-refractivity contribution in [3.8, 4) is 10.8 Å². The van der Waals surface area contributed by atoms with Crippen molar-refractivity contribution in [3.63, 3.8) is 0 Å². The lowest BCUT2D eigenvalue weighted by Crippen LogP contribution is -1.70. The van der Waals surface area contributed by atoms with E-state index in [0.29, 0.717) is 5.89 Å². The Bertz CT molecular complexity index is 400. The lowest BCUT2D eigenvalue weighted by Gasteiger charge is -1.86. The molecule has 3 nitrogen and oxygen atoms in total. The highest BCUT2D eigenvalue weighted by Crippen LogP contribution is 2.32. The first-order valence-corrected chi connectivity index (χ1v) is 5.05. The molecule has 0 aromatic carbocycles. The normalized spacial score (nSPS) is 10.5. The van der Waals surface area contributed by atoms with Crippen LogP contribution >= 0.6 is 38.9 Å². The Morgan fingerprint density at radius 2 is 2.42 bits per heavy atom. The molecule has 0 saturated carbocycles. The minimum absolute atomic E-state index is 0.130. The molecule has 2 rings (SSSR count). The minimum Gasteiger partial charge on any atom is -0.332 e. The summed E-state index contributed by atoms with van der Waals surface area (Å²) in [6.07, 6.45) is 0. The summed E-state index contributed by atoms with van der Waals surface area (Å²) in [6.45, 7) is 0. The first-order chi connectivity index (χ1) is 5.77. The fourth-order valence-corrected chi connectivity index (χ4v) is 2.32. The second kappa shape index (κ2) is 3.16. The maximum atomic E-state index is 5.50. The zero-order valence-electron chi connectivity index (χ0n) is 5.62. The maximum absolute atomic E-state index is 5.50. The summed E-state index contributed by atoms with van der Waals surface area (Å²) in [5.74, 6) is 0.446. The van der Waals surface area contributed by atoms with Gasteiger partial charge in [0, 0.05) is 4.47 Å². The van der Waals surface area contributed by atoms with Gasteiger partial charge in [0.05, 0.1) is 0 Å². The van der Waals surface area contributed by atoms with Gasteiger partial charge in [-0.25, -0.2) is 0 Å². The molecule has 0 atom stereocenters. The molecule has 0 fully saturated rings. The Kier molecular flexibility index (Phi) is 2.16. The highest BCUT2D eigenvalue weighted by molar-refractivity contribution is 9.10. The van der Waals surface area contributed by atoms with Gasteiger partial charge in [-0.2, -0.15) is 4.98 Å². The van der Waals surface area contributed by atoms with Crippen LogP contribution in [0, 0.1) is 0 Å². The number of hydrogen-bond acceptors (Lipinski definition) is 4. The Morgan fingerprint density at radius 3 is 2.92 bits per heavy atom. The molecule has 0 aliphatic heterocycles. The quantitative estimate of drug-likeness (QED) is 0.795. The van der Waals surface area contributed by atoms with Gasteiger partial charge in [0.1, 0.15) is 4.88 Å². The Balaban J connectivity index is 2.50. The topological polar surface area (TPSA) is 38.9 Å². The third-order valence-electron chi connectivity index (χ3n) is 1.21. The van der Waals surface area contributed by atoms with Crippen LogP contribution in [0.2, 0.25) is 5.28 Å². The van der Waals surface area contributed by atoms with E-state index in [2.05, 4.69) is 26.1 Å². The molecule has 0 spiro atoms. The summed E-state index contributed by atoms with van der Waals surface area (Å²) in [7, 11) is 0. The van der Waals surface area contributed by atoms with Crippen molar-refractivity contribution in [3.05, 3.63) is 21.2 Å². The van der Waals surface area contributed by atoms with Gasteiger partial charge in [-0.1, -0.05) is 0 Å². The summed E-state index contributed by atoms with van der Waals surface area (Å²) in [5, 5.41) is 5.54. The first-order valence-electron chi connectivity index (χ1n) is 3.00. The van der Waals surface area contributed by atoms with Gasteiger partial charge in [0.25, 0.3) is 11.2 Å². The third kappa shape index (κ3) is 1.39. The van der Waals surface area contributed by atoms with Crippen molar-refractivity contribution in [2.75, 3.05) is 0 Å². The first kappa shape index (κ1) is 8.22. The molecule has 62 valence electrons. The van der Waals surface area contributed by atoms with Crippen LogP contribution in [0.1, 0.15) is 0 Å². The predicted octanol–water partition coefficient (Wildman–Crippen LogP) is 3.21. The van der Waals surface area contributed by atoms with Crippen molar-refractivity contribution in [2.45, 2.75) is 0 Å². The third-order valence-corrected chi connectivity index (χ3v) is 3.19. The molecule has 12 heavy (non-hydrogen) atoms. The van der Waals surface area contributed by atoms with Crippen LogP contribution in [-0.4, -0.2) is 10.1 Å². The molecule has 0 N–H and O–H groups in total. The monoisotopic (exact) mass is 264 g/mol. The van der Waals surface area contributed by atoms with E-state index >= 15 is 0 Å². The van der Waals surface area contributed by atoms with Crippen molar-refractivity contribution in [1.29, 1.82) is 0 Å². The van der Waals surface area contributed by atoms with E-state index < -0.39 is 0 Å². The number of halogens is 2. The second-order valence-electron chi connectivity index (χ2n) is 1.97. The van der Waals surface area contributed by atoms with E-state index in [1.807, 2.05) is 11.4 Å². The van der Waals surface area contributed by atoms with Gasteiger partial charge < -0.3 is 4.52 Å². The number of aromatic nitrogens is 2. The van der Waals surface area contributed by atoms with E-state index in [-0.39, 0.29) is 5.28 Å². The van der Waals surface area contributed by atoms with Crippen molar-refractivity contribution < 1.29 is 4.52 Å². The molecule has 0 bridgehead atoms. The van der Waals surface area contributed by atoms with E-state index in [0.717, 1.165) is 9.35 Å². The van der Waals surface area contributed by atoms with Gasteiger partial charge in [-0.05, 0) is 44.1 Å². The average molecular weight is 266 g/mol. The van der Waals surface area contributed by atoms with Crippen LogP contribution in [-0.2, 0) is 0 Å². The number of hydrogen-bond donors (Lipinski definition) is 0. The fourth-order valence-electron chi connectivity index (χ4n) is 0.744. The zero-order valence-corrected chi connectivity index (χ0v) is 8.78. The number of nitrogens with zero attached hydrogens (tertiary/aromatic N) is 2. The van der Waals surface area contributed by atoms with Gasteiger partial charge in [0.2, 0.25) is 0 Å². The maximum Gasteiger partial charge on any atom is 0.270 e. The SMILES string of the molecule is Clc1noc(-c2sccc2Br)n1. The molecule has 6 heteroatoms. The van der Waals surface area contributed by atoms with Gasteiger partial charge in [-0.15, -0.1) is 11.3 Å².